The third-order valence-electron chi connectivity index (χ3n) is 2.41. The number of ketones is 1. The summed E-state index contributed by atoms with van der Waals surface area (Å²) in [6, 6.07) is 3.78. The molecule has 1 atom stereocenters. The van der Waals surface area contributed by atoms with Gasteiger partial charge in [0.15, 0.2) is 5.78 Å². The topological polar surface area (TPSA) is 26.3 Å². The molecule has 1 aromatic carbocycles. The Hall–Kier alpha value is -0.930. The van der Waals surface area contributed by atoms with Crippen molar-refractivity contribution in [3.8, 4) is 0 Å². The maximum atomic E-state index is 13.1. The van der Waals surface area contributed by atoms with Crippen molar-refractivity contribution in [3.63, 3.8) is 0 Å². The van der Waals surface area contributed by atoms with E-state index in [0.717, 1.165) is 12.5 Å². The van der Waals surface area contributed by atoms with Gasteiger partial charge in [0.05, 0.1) is 5.02 Å². The predicted molar refractivity (Wildman–Crippen MR) is 66.1 cm³/mol. The zero-order chi connectivity index (χ0) is 12.8. The first-order chi connectivity index (χ1) is 8.10. The monoisotopic (exact) mass is 258 g/mol. The largest absolute Gasteiger partial charge is 0.370 e. The van der Waals surface area contributed by atoms with Gasteiger partial charge in [-0.1, -0.05) is 24.9 Å². The highest BCUT2D eigenvalue weighted by Crippen LogP contribution is 2.21. The van der Waals surface area contributed by atoms with Crippen LogP contribution in [0.15, 0.2) is 18.2 Å². The van der Waals surface area contributed by atoms with Gasteiger partial charge in [0, 0.05) is 12.2 Å². The third-order valence-corrected chi connectivity index (χ3v) is 2.73. The summed E-state index contributed by atoms with van der Waals surface area (Å²) in [6.07, 6.45) is 0.896. The number of ether oxygens (including phenoxy) is 1. The number of halogens is 2. The second kappa shape index (κ2) is 6.72. The van der Waals surface area contributed by atoms with Gasteiger partial charge >= 0.3 is 0 Å². The van der Waals surface area contributed by atoms with Gasteiger partial charge in [-0.25, -0.2) is 4.39 Å². The summed E-state index contributed by atoms with van der Waals surface area (Å²) in [5.74, 6) is -0.720. The number of benzene rings is 1. The Bertz CT molecular complexity index is 387. The third kappa shape index (κ3) is 3.79. The number of hydrogen-bond acceptors (Lipinski definition) is 2. The molecule has 17 heavy (non-hydrogen) atoms. The maximum Gasteiger partial charge on any atom is 0.193 e. The molecule has 0 saturated carbocycles. The van der Waals surface area contributed by atoms with Gasteiger partial charge in [0.1, 0.15) is 11.9 Å². The van der Waals surface area contributed by atoms with Gasteiger partial charge < -0.3 is 4.74 Å². The van der Waals surface area contributed by atoms with Gasteiger partial charge in [0.2, 0.25) is 0 Å². The molecule has 0 radical (unpaired) electrons. The molecule has 0 fully saturated rings. The van der Waals surface area contributed by atoms with Crippen LogP contribution in [0, 0.1) is 5.82 Å². The summed E-state index contributed by atoms with van der Waals surface area (Å²) in [5.41, 5.74) is 0.193. The minimum atomic E-state index is -0.538. The second-order valence-electron chi connectivity index (χ2n) is 3.72. The van der Waals surface area contributed by atoms with Crippen LogP contribution in [0.2, 0.25) is 5.02 Å². The first kappa shape index (κ1) is 14.1. The molecular formula is C13H16ClFO2. The van der Waals surface area contributed by atoms with Crippen molar-refractivity contribution >= 4 is 17.4 Å². The summed E-state index contributed by atoms with van der Waals surface area (Å²) in [7, 11) is 0. The van der Waals surface area contributed by atoms with Crippen LogP contribution in [0.5, 0.6) is 0 Å². The standard InChI is InChI=1S/C13H16ClFO2/c1-3-5-12(17-4-2)13(16)10-8-9(15)6-7-11(10)14/h6-8,12H,3-5H2,1-2H3. The number of Topliss-reactive ketones (excluding diaryl/α,β-unsaturated/α-hetero) is 1. The molecule has 1 unspecified atom stereocenters. The predicted octanol–water partition coefficient (Wildman–Crippen LogP) is 3.87. The van der Waals surface area contributed by atoms with Crippen molar-refractivity contribution < 1.29 is 13.9 Å². The lowest BCUT2D eigenvalue weighted by Crippen LogP contribution is -2.24. The molecular weight excluding hydrogens is 243 g/mol. The van der Waals surface area contributed by atoms with Crippen molar-refractivity contribution in [2.45, 2.75) is 32.8 Å². The molecule has 0 aliphatic heterocycles. The first-order valence-electron chi connectivity index (χ1n) is 5.71. The molecule has 4 heteroatoms. The highest BCUT2D eigenvalue weighted by atomic mass is 35.5. The maximum absolute atomic E-state index is 13.1. The zero-order valence-corrected chi connectivity index (χ0v) is 10.8. The quantitative estimate of drug-likeness (QED) is 0.724. The lowest BCUT2D eigenvalue weighted by Gasteiger charge is -2.15. The Morgan fingerprint density at radius 3 is 2.76 bits per heavy atom. The average molecular weight is 259 g/mol. The summed E-state index contributed by atoms with van der Waals surface area (Å²) in [4.78, 5) is 12.1. The molecule has 0 amide bonds. The normalized spacial score (nSPS) is 12.5. The fourth-order valence-electron chi connectivity index (χ4n) is 1.61. The molecule has 94 valence electrons. The fourth-order valence-corrected chi connectivity index (χ4v) is 1.82. The summed E-state index contributed by atoms with van der Waals surface area (Å²) in [6.45, 7) is 4.24. The van der Waals surface area contributed by atoms with Gasteiger partial charge in [-0.15, -0.1) is 0 Å². The van der Waals surface area contributed by atoms with Gasteiger partial charge in [-0.2, -0.15) is 0 Å². The summed E-state index contributed by atoms with van der Waals surface area (Å²) < 4.78 is 18.5. The number of rotatable bonds is 6. The van der Waals surface area contributed by atoms with Crippen LogP contribution < -0.4 is 0 Å². The van der Waals surface area contributed by atoms with E-state index in [1.807, 2.05) is 13.8 Å². The van der Waals surface area contributed by atoms with E-state index in [9.17, 15) is 9.18 Å². The number of carbonyl (C=O) groups excluding carboxylic acids is 1. The first-order valence-corrected chi connectivity index (χ1v) is 6.08. The molecule has 0 N–H and O–H groups in total. The smallest absolute Gasteiger partial charge is 0.193 e. The van der Waals surface area contributed by atoms with E-state index in [2.05, 4.69) is 0 Å². The van der Waals surface area contributed by atoms with Crippen molar-refractivity contribution in [1.29, 1.82) is 0 Å². The Labute approximate surface area is 106 Å². The van der Waals surface area contributed by atoms with Crippen molar-refractivity contribution in [3.05, 3.63) is 34.6 Å². The minimum absolute atomic E-state index is 0.193. The van der Waals surface area contributed by atoms with Crippen LogP contribution in [0.3, 0.4) is 0 Å². The molecule has 0 spiro atoms. The fraction of sp³-hybridized carbons (Fsp3) is 0.462. The molecule has 0 aliphatic carbocycles. The Morgan fingerprint density at radius 1 is 1.47 bits per heavy atom. The van der Waals surface area contributed by atoms with Crippen molar-refractivity contribution in [2.24, 2.45) is 0 Å². The zero-order valence-electron chi connectivity index (χ0n) is 10.0. The van der Waals surface area contributed by atoms with E-state index < -0.39 is 11.9 Å². The van der Waals surface area contributed by atoms with E-state index >= 15 is 0 Å². The van der Waals surface area contributed by atoms with Crippen LogP contribution in [0.1, 0.15) is 37.0 Å². The van der Waals surface area contributed by atoms with Crippen LogP contribution in [-0.4, -0.2) is 18.5 Å². The summed E-state index contributed by atoms with van der Waals surface area (Å²) >= 11 is 5.89. The second-order valence-corrected chi connectivity index (χ2v) is 4.13. The van der Waals surface area contributed by atoms with Crippen LogP contribution >= 0.6 is 11.6 Å². The van der Waals surface area contributed by atoms with Crippen LogP contribution in [-0.2, 0) is 4.74 Å². The molecule has 0 aromatic heterocycles. The SMILES string of the molecule is CCCC(OCC)C(=O)c1cc(F)ccc1Cl. The van der Waals surface area contributed by atoms with Crippen molar-refractivity contribution in [1.82, 2.24) is 0 Å². The molecule has 0 bridgehead atoms. The van der Waals surface area contributed by atoms with Gasteiger partial charge in [-0.3, -0.25) is 4.79 Å². The Balaban J connectivity index is 2.95. The van der Waals surface area contributed by atoms with Gasteiger partial charge in [0.25, 0.3) is 0 Å². The highest BCUT2D eigenvalue weighted by molar-refractivity contribution is 6.34. The van der Waals surface area contributed by atoms with E-state index in [-0.39, 0.29) is 16.4 Å². The van der Waals surface area contributed by atoms with E-state index in [1.54, 1.807) is 0 Å². The van der Waals surface area contributed by atoms with Crippen LogP contribution in [0.25, 0.3) is 0 Å². The Kier molecular flexibility index (Phi) is 5.59. The lowest BCUT2D eigenvalue weighted by molar-refractivity contribution is 0.0423. The van der Waals surface area contributed by atoms with E-state index in [0.29, 0.717) is 13.0 Å². The molecule has 1 aromatic rings. The summed E-state index contributed by atoms with van der Waals surface area (Å²) in [5, 5.41) is 0.261. The van der Waals surface area contributed by atoms with E-state index in [4.69, 9.17) is 16.3 Å². The molecule has 0 saturated heterocycles. The number of carbonyl (C=O) groups is 1. The average Bonchev–Trinajstić information content (AvgIpc) is 2.31. The lowest BCUT2D eigenvalue weighted by atomic mass is 10.0. The minimum Gasteiger partial charge on any atom is -0.370 e. The number of hydrogen-bond donors (Lipinski definition) is 0. The highest BCUT2D eigenvalue weighted by Gasteiger charge is 2.22. The van der Waals surface area contributed by atoms with Crippen LogP contribution in [0.4, 0.5) is 4.39 Å². The molecule has 2 nitrogen and oxygen atoms in total. The van der Waals surface area contributed by atoms with Crippen molar-refractivity contribution in [2.75, 3.05) is 6.61 Å². The Morgan fingerprint density at radius 2 is 2.18 bits per heavy atom. The van der Waals surface area contributed by atoms with E-state index in [1.165, 1.54) is 12.1 Å². The molecule has 0 aliphatic rings. The molecule has 1 rings (SSSR count). The molecule has 0 heterocycles. The van der Waals surface area contributed by atoms with Gasteiger partial charge in [-0.05, 0) is 31.5 Å².